The topological polar surface area (TPSA) is 73.3 Å². The van der Waals surface area contributed by atoms with Crippen LogP contribution in [0.4, 0.5) is 0 Å². The molecule has 0 amide bonds. The minimum atomic E-state index is -2.81. The maximum atomic E-state index is 13.1. The Hall–Kier alpha value is -4.09. The van der Waals surface area contributed by atoms with Gasteiger partial charge in [0.25, 0.3) is 22.2 Å². The van der Waals surface area contributed by atoms with Crippen molar-refractivity contribution in [1.29, 1.82) is 0 Å². The van der Waals surface area contributed by atoms with Crippen LogP contribution in [0.1, 0.15) is 60.4 Å². The van der Waals surface area contributed by atoms with E-state index in [9.17, 15) is 9.59 Å². The summed E-state index contributed by atoms with van der Waals surface area (Å²) in [5.41, 5.74) is -0.750. The number of hydrogen-bond acceptors (Lipinski definition) is 4. The Kier molecular flexibility index (Phi) is 10.7. The molecule has 0 bridgehead atoms. The summed E-state index contributed by atoms with van der Waals surface area (Å²) in [6.45, 7) is 14.9. The van der Waals surface area contributed by atoms with Crippen LogP contribution < -0.4 is 32.0 Å². The molecule has 1 aliphatic carbocycles. The predicted molar refractivity (Wildman–Crippen MR) is 214 cm³/mol. The van der Waals surface area contributed by atoms with Gasteiger partial charge in [-0.05, 0) is 55.5 Å². The minimum absolute atomic E-state index is 0.0881. The third kappa shape index (κ3) is 7.20. The van der Waals surface area contributed by atoms with Crippen molar-refractivity contribution >= 4 is 37.4 Å². The summed E-state index contributed by atoms with van der Waals surface area (Å²) in [7, 11) is -5.62. The number of H-pyrrole nitrogens is 1. The van der Waals surface area contributed by atoms with Gasteiger partial charge >= 0.3 is 5.69 Å². The van der Waals surface area contributed by atoms with Gasteiger partial charge in [0.15, 0.2) is 0 Å². The second-order valence-corrected chi connectivity index (χ2v) is 24.7. The van der Waals surface area contributed by atoms with Gasteiger partial charge in [0.05, 0.1) is 0 Å². The zero-order valence-electron chi connectivity index (χ0n) is 30.8. The van der Waals surface area contributed by atoms with E-state index in [4.69, 9.17) is 8.85 Å². The molecule has 8 heteroatoms. The van der Waals surface area contributed by atoms with E-state index < -0.39 is 16.6 Å². The lowest BCUT2D eigenvalue weighted by atomic mass is 9.98. The SMILES string of the molecule is CC(C)(C)[Si](OC[C@@H]1CC(n2ccc(=O)[nH]c2=O)C[C@@H]1CO[Si](c1ccccc1)(c1ccccc1)C(C)(C)C)(c1ccccc1)c1ccccc1. The minimum Gasteiger partial charge on any atom is -0.407 e. The highest BCUT2D eigenvalue weighted by Crippen LogP contribution is 2.44. The average Bonchev–Trinajstić information content (AvgIpc) is 3.52. The number of hydrogen-bond donors (Lipinski definition) is 1. The fraction of sp³-hybridized carbons (Fsp3) is 0.349. The first-order chi connectivity index (χ1) is 24.4. The van der Waals surface area contributed by atoms with Gasteiger partial charge in [-0.15, -0.1) is 0 Å². The van der Waals surface area contributed by atoms with Gasteiger partial charge < -0.3 is 8.85 Å². The van der Waals surface area contributed by atoms with Gasteiger partial charge in [0, 0.05) is 31.5 Å². The smallest absolute Gasteiger partial charge is 0.328 e. The van der Waals surface area contributed by atoms with Gasteiger partial charge in [0.2, 0.25) is 0 Å². The van der Waals surface area contributed by atoms with Crippen LogP contribution in [0, 0.1) is 11.8 Å². The molecule has 3 atom stereocenters. The number of aromatic amines is 1. The monoisotopic (exact) mass is 716 g/mol. The highest BCUT2D eigenvalue weighted by Gasteiger charge is 2.53. The van der Waals surface area contributed by atoms with Crippen LogP contribution in [-0.4, -0.2) is 39.4 Å². The van der Waals surface area contributed by atoms with E-state index in [2.05, 4.69) is 168 Å². The van der Waals surface area contributed by atoms with Crippen LogP contribution in [0.5, 0.6) is 0 Å². The summed E-state index contributed by atoms with van der Waals surface area (Å²) in [5.74, 6) is 0.238. The molecule has 1 N–H and O–H groups in total. The molecule has 266 valence electrons. The van der Waals surface area contributed by atoms with E-state index in [-0.39, 0.29) is 39.2 Å². The van der Waals surface area contributed by atoms with E-state index >= 15 is 0 Å². The maximum Gasteiger partial charge on any atom is 0.328 e. The zero-order valence-corrected chi connectivity index (χ0v) is 32.8. The summed E-state index contributed by atoms with van der Waals surface area (Å²) < 4.78 is 16.8. The molecule has 0 spiro atoms. The maximum absolute atomic E-state index is 13.1. The number of benzene rings is 4. The molecule has 0 aliphatic heterocycles. The molecule has 6 rings (SSSR count). The van der Waals surface area contributed by atoms with Crippen LogP contribution >= 0.6 is 0 Å². The third-order valence-electron chi connectivity index (χ3n) is 10.9. The van der Waals surface area contributed by atoms with Crippen LogP contribution in [0.2, 0.25) is 10.1 Å². The van der Waals surface area contributed by atoms with Gasteiger partial charge in [-0.3, -0.25) is 14.3 Å². The van der Waals surface area contributed by atoms with Gasteiger partial charge in [-0.25, -0.2) is 4.79 Å². The summed E-state index contributed by atoms with van der Waals surface area (Å²) in [5, 5.41) is 4.66. The Morgan fingerprint density at radius 2 is 0.902 bits per heavy atom. The Balaban J connectivity index is 1.41. The molecule has 1 aromatic heterocycles. The van der Waals surface area contributed by atoms with Crippen LogP contribution in [0.25, 0.3) is 0 Å². The molecule has 1 fully saturated rings. The first-order valence-corrected chi connectivity index (χ1v) is 22.0. The molecule has 0 saturated heterocycles. The van der Waals surface area contributed by atoms with E-state index in [0.717, 1.165) is 12.8 Å². The van der Waals surface area contributed by atoms with Crippen LogP contribution in [0.15, 0.2) is 143 Å². The van der Waals surface area contributed by atoms with E-state index in [0.29, 0.717) is 13.2 Å². The van der Waals surface area contributed by atoms with E-state index in [1.54, 1.807) is 10.8 Å². The second-order valence-electron chi connectivity index (χ2n) is 16.1. The van der Waals surface area contributed by atoms with Crippen molar-refractivity contribution in [1.82, 2.24) is 9.55 Å². The molecule has 51 heavy (non-hydrogen) atoms. The molecular weight excluding hydrogens is 665 g/mol. The first kappa shape index (κ1) is 36.7. The zero-order chi connectivity index (χ0) is 36.3. The van der Waals surface area contributed by atoms with Crippen molar-refractivity contribution in [2.24, 2.45) is 11.8 Å². The van der Waals surface area contributed by atoms with Crippen molar-refractivity contribution in [3.05, 3.63) is 154 Å². The standard InChI is InChI=1S/C43H52N2O4Si2/c1-42(2,3)50(36-19-11-7-12-20-36,37-21-13-8-14-22-37)48-31-33-29-35(45-28-27-40(46)44-41(45)47)30-34(33)32-49-51(43(4,5)6,38-23-15-9-16-24-38)39-25-17-10-18-26-39/h7-28,33-35H,29-32H2,1-6H3,(H,44,46,47)/t33-,34+,35?. The molecule has 1 saturated carbocycles. The van der Waals surface area contributed by atoms with Crippen molar-refractivity contribution in [3.8, 4) is 0 Å². The van der Waals surface area contributed by atoms with E-state index in [1.165, 1.54) is 26.8 Å². The third-order valence-corrected chi connectivity index (χ3v) is 20.9. The molecule has 1 heterocycles. The van der Waals surface area contributed by atoms with Crippen molar-refractivity contribution in [2.45, 2.75) is 70.5 Å². The van der Waals surface area contributed by atoms with Gasteiger partial charge in [0.1, 0.15) is 0 Å². The highest BCUT2D eigenvalue weighted by atomic mass is 28.4. The number of aromatic nitrogens is 2. The Bertz CT molecular complexity index is 1790. The Labute approximate surface area is 304 Å². The molecule has 4 aromatic carbocycles. The van der Waals surface area contributed by atoms with Crippen LogP contribution in [0.3, 0.4) is 0 Å². The number of nitrogens with one attached hydrogen (secondary N) is 1. The quantitative estimate of drug-likeness (QED) is 0.164. The summed E-state index contributed by atoms with van der Waals surface area (Å²) in [4.78, 5) is 27.7. The summed E-state index contributed by atoms with van der Waals surface area (Å²) in [6.07, 6.45) is 3.15. The fourth-order valence-corrected chi connectivity index (χ4v) is 17.8. The Morgan fingerprint density at radius 3 is 1.20 bits per heavy atom. The number of nitrogens with zero attached hydrogens (tertiary/aromatic N) is 1. The average molecular weight is 717 g/mol. The lowest BCUT2D eigenvalue weighted by Crippen LogP contribution is -2.67. The highest BCUT2D eigenvalue weighted by molar-refractivity contribution is 7.00. The molecule has 6 nitrogen and oxygen atoms in total. The molecule has 0 radical (unpaired) electrons. The molecule has 5 aromatic rings. The van der Waals surface area contributed by atoms with Gasteiger partial charge in [-0.2, -0.15) is 0 Å². The van der Waals surface area contributed by atoms with Crippen molar-refractivity contribution < 1.29 is 8.85 Å². The molecule has 1 unspecified atom stereocenters. The number of rotatable bonds is 11. The molecular formula is C43H52N2O4Si2. The van der Waals surface area contributed by atoms with Crippen molar-refractivity contribution in [2.75, 3.05) is 13.2 Å². The van der Waals surface area contributed by atoms with E-state index in [1.807, 2.05) is 0 Å². The Morgan fingerprint density at radius 1 is 0.569 bits per heavy atom. The fourth-order valence-electron chi connectivity index (χ4n) is 8.52. The summed E-state index contributed by atoms with van der Waals surface area (Å²) in [6, 6.07) is 44.4. The van der Waals surface area contributed by atoms with Crippen molar-refractivity contribution in [3.63, 3.8) is 0 Å². The lowest BCUT2D eigenvalue weighted by Gasteiger charge is -2.45. The largest absolute Gasteiger partial charge is 0.407 e. The summed E-state index contributed by atoms with van der Waals surface area (Å²) >= 11 is 0. The second kappa shape index (κ2) is 14.9. The first-order valence-electron chi connectivity index (χ1n) is 18.2. The normalized spacial score (nSPS) is 18.5. The molecule has 1 aliphatic rings. The lowest BCUT2D eigenvalue weighted by molar-refractivity contribution is 0.152. The van der Waals surface area contributed by atoms with Gasteiger partial charge in [-0.1, -0.05) is 163 Å². The van der Waals surface area contributed by atoms with Crippen LogP contribution in [-0.2, 0) is 8.85 Å². The predicted octanol–water partition coefficient (Wildman–Crippen LogP) is 6.26.